The molecule has 2 aromatic rings. The number of hydrogen-bond donors (Lipinski definition) is 9. The summed E-state index contributed by atoms with van der Waals surface area (Å²) in [6.07, 6.45) is -12.3. The molecule has 1 saturated heterocycles. The minimum absolute atomic E-state index is 0.00473. The summed E-state index contributed by atoms with van der Waals surface area (Å²) in [5.41, 5.74) is 4.12. The lowest BCUT2D eigenvalue weighted by atomic mass is 9.87. The highest BCUT2D eigenvalue weighted by atomic mass is 32.2. The topological polar surface area (TPSA) is 364 Å². The summed E-state index contributed by atoms with van der Waals surface area (Å²) in [7, 11) is -16.5. The lowest BCUT2D eigenvalue weighted by Crippen LogP contribution is -2.46. The molecular formula is C24H37F3N7O17P3S. The van der Waals surface area contributed by atoms with Crippen LogP contribution in [0.3, 0.4) is 0 Å². The highest BCUT2D eigenvalue weighted by Gasteiger charge is 2.50. The molecule has 312 valence electrons. The van der Waals surface area contributed by atoms with Crippen molar-refractivity contribution in [3.05, 3.63) is 12.7 Å². The number of phosphoric acid groups is 3. The first-order chi connectivity index (χ1) is 25.2. The molecule has 24 nitrogen and oxygen atoms in total. The van der Waals surface area contributed by atoms with Gasteiger partial charge in [0.1, 0.15) is 36.3 Å². The second kappa shape index (κ2) is 18.7. The van der Waals surface area contributed by atoms with Gasteiger partial charge in [0, 0.05) is 30.7 Å². The number of anilines is 1. The number of hydrogen-bond acceptors (Lipinski definition) is 18. The van der Waals surface area contributed by atoms with Crippen LogP contribution >= 0.6 is 35.2 Å². The summed E-state index contributed by atoms with van der Waals surface area (Å²) >= 11 is 0.651. The van der Waals surface area contributed by atoms with E-state index in [-0.39, 0.29) is 42.2 Å². The molecule has 1 aliphatic rings. The molecule has 31 heteroatoms. The highest BCUT2D eigenvalue weighted by molar-refractivity contribution is 7.99. The lowest BCUT2D eigenvalue weighted by molar-refractivity contribution is -0.167. The van der Waals surface area contributed by atoms with Crippen molar-refractivity contribution < 1.29 is 93.7 Å². The summed E-state index contributed by atoms with van der Waals surface area (Å²) < 4.78 is 98.3. The zero-order chi connectivity index (χ0) is 41.6. The Balaban J connectivity index is 1.49. The normalized spacial score (nSPS) is 22.2. The number of carbonyl (C=O) groups excluding carboxylic acids is 3. The number of fused-ring (bicyclic) bond motifs is 1. The maximum Gasteiger partial charge on any atom is 0.481 e. The number of carbonyl (C=O) groups is 3. The van der Waals surface area contributed by atoms with Crippen LogP contribution in [0.1, 0.15) is 26.5 Å². The Morgan fingerprint density at radius 1 is 1.05 bits per heavy atom. The molecule has 0 spiro atoms. The Hall–Kier alpha value is -2.65. The number of thioether (sulfide) groups is 1. The number of rotatable bonds is 21. The first kappa shape index (κ1) is 46.7. The molecule has 0 radical (unpaired) electrons. The number of nitrogens with zero attached hydrogens (tertiary/aromatic N) is 4. The first-order valence-corrected chi connectivity index (χ1v) is 21.0. The summed E-state index contributed by atoms with van der Waals surface area (Å²) in [6.45, 7) is -0.149. The molecule has 2 amide bonds. The van der Waals surface area contributed by atoms with Gasteiger partial charge in [0.2, 0.25) is 17.6 Å². The maximum atomic E-state index is 12.6. The van der Waals surface area contributed by atoms with Crippen molar-refractivity contribution in [2.45, 2.75) is 57.1 Å². The molecular weight excluding hydrogens is 840 g/mol. The molecule has 10 N–H and O–H groups in total. The largest absolute Gasteiger partial charge is 0.481 e. The number of halogens is 3. The lowest BCUT2D eigenvalue weighted by Gasteiger charge is -2.30. The summed E-state index contributed by atoms with van der Waals surface area (Å²) in [4.78, 5) is 85.9. The monoisotopic (exact) mass is 877 g/mol. The number of aromatic nitrogens is 4. The molecule has 3 heterocycles. The number of phosphoric ester groups is 3. The van der Waals surface area contributed by atoms with Crippen molar-refractivity contribution in [2.75, 3.05) is 43.5 Å². The minimum Gasteiger partial charge on any atom is -0.386 e. The third-order valence-corrected chi connectivity index (χ3v) is 11.3. The standard InChI is InChI=1S/C24H37F3N7O17P3S/c1-23(2,18(38)21(39)30-4-3-14(36)29-5-6-55-8-13(35)24(25,26)27)9-48-54(45,46)51-53(43,44)47-7-12-17(50-52(40,41)42)16(37)22(49-12)34-11-33-15-19(28)31-10-32-20(15)34/h10-12,16-18,22,37-38H,3-9H2,1-2H3,(H,29,36)(H,30,39)(H,43,44)(H,45,46)(H2,28,31,32)(H2,40,41,42). The van der Waals surface area contributed by atoms with Crippen LogP contribution < -0.4 is 16.4 Å². The Morgan fingerprint density at radius 2 is 1.71 bits per heavy atom. The quantitative estimate of drug-likeness (QED) is 0.0551. The first-order valence-electron chi connectivity index (χ1n) is 15.3. The van der Waals surface area contributed by atoms with Gasteiger partial charge in [-0.25, -0.2) is 28.6 Å². The molecule has 0 aromatic carbocycles. The van der Waals surface area contributed by atoms with E-state index in [1.54, 1.807) is 0 Å². The van der Waals surface area contributed by atoms with Crippen LogP contribution in [0.2, 0.25) is 0 Å². The number of nitrogens with one attached hydrogen (secondary N) is 2. The van der Waals surface area contributed by atoms with E-state index in [1.165, 1.54) is 13.8 Å². The molecule has 3 rings (SSSR count). The Morgan fingerprint density at radius 3 is 2.35 bits per heavy atom. The van der Waals surface area contributed by atoms with E-state index in [9.17, 15) is 71.0 Å². The average molecular weight is 878 g/mol. The molecule has 7 unspecified atom stereocenters. The SMILES string of the molecule is CC(C)(COP(=O)(O)OP(=O)(O)OCC1OC(n2cnc3c(N)ncnc32)C(O)C1OP(=O)(O)O)C(O)C(=O)NCCC(=O)NCCSCC(=O)C(F)(F)F. The van der Waals surface area contributed by atoms with Gasteiger partial charge in [0.25, 0.3) is 0 Å². The van der Waals surface area contributed by atoms with E-state index in [1.807, 2.05) is 0 Å². The summed E-state index contributed by atoms with van der Waals surface area (Å²) in [5, 5.41) is 25.9. The predicted octanol–water partition coefficient (Wildman–Crippen LogP) is -0.730. The van der Waals surface area contributed by atoms with E-state index in [2.05, 4.69) is 43.5 Å². The van der Waals surface area contributed by atoms with Gasteiger partial charge in [-0.05, 0) is 0 Å². The van der Waals surface area contributed by atoms with Gasteiger partial charge in [-0.15, -0.1) is 0 Å². The third-order valence-electron chi connectivity index (χ3n) is 7.20. The number of amides is 2. The molecule has 1 aliphatic heterocycles. The summed E-state index contributed by atoms with van der Waals surface area (Å²) in [6, 6.07) is 0. The van der Waals surface area contributed by atoms with Gasteiger partial charge in [0.15, 0.2) is 17.7 Å². The third kappa shape index (κ3) is 14.0. The predicted molar refractivity (Wildman–Crippen MR) is 178 cm³/mol. The number of nitrogens with two attached hydrogens (primary N) is 1. The molecule has 7 atom stereocenters. The van der Waals surface area contributed by atoms with Crippen LogP contribution in [0.5, 0.6) is 0 Å². The van der Waals surface area contributed by atoms with E-state index in [4.69, 9.17) is 10.5 Å². The van der Waals surface area contributed by atoms with Crippen molar-refractivity contribution in [3.63, 3.8) is 0 Å². The Bertz CT molecular complexity index is 1840. The van der Waals surface area contributed by atoms with Gasteiger partial charge in [-0.3, -0.25) is 32.5 Å². The zero-order valence-electron chi connectivity index (χ0n) is 28.4. The number of aliphatic hydroxyl groups is 2. The average Bonchev–Trinajstić information content (AvgIpc) is 3.62. The van der Waals surface area contributed by atoms with Crippen molar-refractivity contribution in [2.24, 2.45) is 5.41 Å². The number of ketones is 1. The fourth-order valence-electron chi connectivity index (χ4n) is 4.45. The number of Topliss-reactive ketones (excluding diaryl/α,β-unsaturated/α-hetero) is 1. The van der Waals surface area contributed by atoms with Crippen LogP contribution in [0.15, 0.2) is 12.7 Å². The molecule has 2 aromatic heterocycles. The number of ether oxygens (including phenoxy) is 1. The van der Waals surface area contributed by atoms with Crippen LogP contribution in [0.25, 0.3) is 11.2 Å². The van der Waals surface area contributed by atoms with Crippen LogP contribution in [0, 0.1) is 5.41 Å². The van der Waals surface area contributed by atoms with Gasteiger partial charge >= 0.3 is 29.6 Å². The molecule has 0 aliphatic carbocycles. The van der Waals surface area contributed by atoms with Gasteiger partial charge in [-0.2, -0.15) is 29.2 Å². The number of imidazole rings is 1. The van der Waals surface area contributed by atoms with E-state index >= 15 is 0 Å². The fraction of sp³-hybridized carbons (Fsp3) is 0.667. The molecule has 0 saturated carbocycles. The van der Waals surface area contributed by atoms with Crippen molar-refractivity contribution in [1.29, 1.82) is 0 Å². The van der Waals surface area contributed by atoms with Crippen LogP contribution in [-0.4, -0.2) is 135 Å². The van der Waals surface area contributed by atoms with Crippen LogP contribution in [-0.2, 0) is 50.7 Å². The van der Waals surface area contributed by atoms with E-state index < -0.39 is 102 Å². The van der Waals surface area contributed by atoms with E-state index in [0.29, 0.717) is 11.8 Å². The molecule has 1 fully saturated rings. The van der Waals surface area contributed by atoms with Crippen molar-refractivity contribution in [1.82, 2.24) is 30.2 Å². The van der Waals surface area contributed by atoms with Gasteiger partial charge < -0.3 is 50.9 Å². The van der Waals surface area contributed by atoms with Crippen LogP contribution in [0.4, 0.5) is 19.0 Å². The van der Waals surface area contributed by atoms with Crippen molar-refractivity contribution in [3.8, 4) is 0 Å². The summed E-state index contributed by atoms with van der Waals surface area (Å²) in [5.74, 6) is -4.50. The molecule has 55 heavy (non-hydrogen) atoms. The minimum atomic E-state index is -5.61. The van der Waals surface area contributed by atoms with Gasteiger partial charge in [-0.1, -0.05) is 13.8 Å². The Labute approximate surface area is 312 Å². The number of aliphatic hydroxyl groups excluding tert-OH is 2. The van der Waals surface area contributed by atoms with E-state index in [0.717, 1.165) is 17.2 Å². The zero-order valence-corrected chi connectivity index (χ0v) is 31.9. The van der Waals surface area contributed by atoms with Crippen molar-refractivity contribution >= 4 is 69.8 Å². The Kier molecular flexibility index (Phi) is 15.9. The smallest absolute Gasteiger partial charge is 0.386 e. The second-order valence-corrected chi connectivity index (χ2v) is 17.4. The molecule has 0 bridgehead atoms. The number of alkyl halides is 3. The highest BCUT2D eigenvalue weighted by Crippen LogP contribution is 2.61. The number of nitrogen functional groups attached to an aromatic ring is 1. The fourth-order valence-corrected chi connectivity index (χ4v) is 8.02. The maximum absolute atomic E-state index is 12.6. The van der Waals surface area contributed by atoms with Gasteiger partial charge in [0.05, 0.1) is 25.3 Å². The second-order valence-electron chi connectivity index (χ2n) is 12.0.